The molecular formula is C18H24OS. The Balaban J connectivity index is 0.000000217. The van der Waals surface area contributed by atoms with Crippen molar-refractivity contribution in [2.45, 2.75) is 38.5 Å². The molecule has 2 heteroatoms. The molecule has 0 amide bonds. The average Bonchev–Trinajstić information content (AvgIpc) is 2.45. The van der Waals surface area contributed by atoms with Gasteiger partial charge in [0.1, 0.15) is 5.75 Å². The molecular weight excluding hydrogens is 264 g/mol. The molecule has 108 valence electrons. The summed E-state index contributed by atoms with van der Waals surface area (Å²) in [5.41, 5.74) is 2.51. The first kappa shape index (κ1) is 16.6. The summed E-state index contributed by atoms with van der Waals surface area (Å²) in [5, 5.41) is 8.76. The van der Waals surface area contributed by atoms with E-state index in [9.17, 15) is 0 Å². The average molecular weight is 288 g/mol. The number of rotatable bonds is 4. The van der Waals surface area contributed by atoms with Gasteiger partial charge in [0, 0.05) is 4.90 Å². The zero-order valence-electron chi connectivity index (χ0n) is 12.6. The molecule has 0 bridgehead atoms. The number of phenolic OH excluding ortho intramolecular Hbond substituents is 1. The van der Waals surface area contributed by atoms with Gasteiger partial charge >= 0.3 is 0 Å². The van der Waals surface area contributed by atoms with Gasteiger partial charge in [-0.05, 0) is 50.3 Å². The molecule has 1 N–H and O–H groups in total. The fourth-order valence-corrected chi connectivity index (χ4v) is 2.51. The Kier molecular flexibility index (Phi) is 7.89. The predicted octanol–water partition coefficient (Wildman–Crippen LogP) is 5.59. The SMILES string of the molecule is CCCCSc1ccc(C)cc1.Cc1ccc(O)cc1. The van der Waals surface area contributed by atoms with Crippen molar-refractivity contribution in [3.05, 3.63) is 59.7 Å². The number of unbranched alkanes of at least 4 members (excludes halogenated alkanes) is 1. The zero-order valence-corrected chi connectivity index (χ0v) is 13.4. The van der Waals surface area contributed by atoms with Crippen LogP contribution in [0.25, 0.3) is 0 Å². The van der Waals surface area contributed by atoms with Crippen molar-refractivity contribution in [3.8, 4) is 5.75 Å². The molecule has 0 spiro atoms. The minimum atomic E-state index is 0.329. The standard InChI is InChI=1S/C11H16S.C7H8O/c1-3-4-9-12-11-7-5-10(2)6-8-11;1-6-2-4-7(8)5-3-6/h5-8H,3-4,9H2,1-2H3;2-5,8H,1H3. The first-order valence-electron chi connectivity index (χ1n) is 7.07. The van der Waals surface area contributed by atoms with Gasteiger partial charge in [0.05, 0.1) is 0 Å². The Bertz CT molecular complexity index is 453. The second-order valence-corrected chi connectivity index (χ2v) is 6.02. The lowest BCUT2D eigenvalue weighted by molar-refractivity contribution is 0.475. The van der Waals surface area contributed by atoms with E-state index >= 15 is 0 Å². The van der Waals surface area contributed by atoms with Crippen molar-refractivity contribution in [3.63, 3.8) is 0 Å². The molecule has 0 saturated heterocycles. The van der Waals surface area contributed by atoms with Gasteiger partial charge in [-0.15, -0.1) is 11.8 Å². The van der Waals surface area contributed by atoms with Crippen LogP contribution in [-0.4, -0.2) is 10.9 Å². The highest BCUT2D eigenvalue weighted by Crippen LogP contribution is 2.19. The maximum absolute atomic E-state index is 8.76. The third kappa shape index (κ3) is 7.25. The van der Waals surface area contributed by atoms with Crippen LogP contribution in [0, 0.1) is 13.8 Å². The van der Waals surface area contributed by atoms with E-state index in [-0.39, 0.29) is 0 Å². The minimum Gasteiger partial charge on any atom is -0.508 e. The van der Waals surface area contributed by atoms with E-state index in [1.807, 2.05) is 30.8 Å². The summed E-state index contributed by atoms with van der Waals surface area (Å²) in [5.74, 6) is 1.58. The molecule has 0 saturated carbocycles. The van der Waals surface area contributed by atoms with Crippen LogP contribution >= 0.6 is 11.8 Å². The molecule has 0 heterocycles. The van der Waals surface area contributed by atoms with E-state index in [4.69, 9.17) is 5.11 Å². The van der Waals surface area contributed by atoms with E-state index in [2.05, 4.69) is 38.1 Å². The van der Waals surface area contributed by atoms with Gasteiger partial charge in [-0.2, -0.15) is 0 Å². The van der Waals surface area contributed by atoms with Gasteiger partial charge < -0.3 is 5.11 Å². The maximum Gasteiger partial charge on any atom is 0.115 e. The van der Waals surface area contributed by atoms with Gasteiger partial charge in [0.2, 0.25) is 0 Å². The van der Waals surface area contributed by atoms with Crippen LogP contribution < -0.4 is 0 Å². The topological polar surface area (TPSA) is 20.2 Å². The summed E-state index contributed by atoms with van der Waals surface area (Å²) in [4.78, 5) is 1.40. The molecule has 0 atom stereocenters. The predicted molar refractivity (Wildman–Crippen MR) is 89.7 cm³/mol. The monoisotopic (exact) mass is 288 g/mol. The van der Waals surface area contributed by atoms with Crippen molar-refractivity contribution in [1.29, 1.82) is 0 Å². The van der Waals surface area contributed by atoms with Gasteiger partial charge in [-0.25, -0.2) is 0 Å². The molecule has 0 fully saturated rings. The van der Waals surface area contributed by atoms with Crippen LogP contribution in [-0.2, 0) is 0 Å². The van der Waals surface area contributed by atoms with Gasteiger partial charge in [0.25, 0.3) is 0 Å². The molecule has 0 unspecified atom stereocenters. The van der Waals surface area contributed by atoms with Crippen molar-refractivity contribution < 1.29 is 5.11 Å². The Hall–Kier alpha value is -1.41. The number of aryl methyl sites for hydroxylation is 2. The fraction of sp³-hybridized carbons (Fsp3) is 0.333. The molecule has 0 aliphatic heterocycles. The highest BCUT2D eigenvalue weighted by molar-refractivity contribution is 7.99. The van der Waals surface area contributed by atoms with E-state index in [0.717, 1.165) is 0 Å². The molecule has 2 rings (SSSR count). The Morgan fingerprint density at radius 2 is 1.35 bits per heavy atom. The van der Waals surface area contributed by atoms with Crippen molar-refractivity contribution >= 4 is 11.8 Å². The lowest BCUT2D eigenvalue weighted by Gasteiger charge is -2.00. The summed E-state index contributed by atoms with van der Waals surface area (Å²) >= 11 is 1.95. The summed E-state index contributed by atoms with van der Waals surface area (Å²) in [6, 6.07) is 15.9. The van der Waals surface area contributed by atoms with Crippen LogP contribution in [0.4, 0.5) is 0 Å². The van der Waals surface area contributed by atoms with Crippen LogP contribution in [0.1, 0.15) is 30.9 Å². The fourth-order valence-electron chi connectivity index (χ4n) is 1.51. The Morgan fingerprint density at radius 3 is 1.80 bits per heavy atom. The van der Waals surface area contributed by atoms with Crippen LogP contribution in [0.5, 0.6) is 5.75 Å². The third-order valence-electron chi connectivity index (χ3n) is 2.82. The van der Waals surface area contributed by atoms with Crippen LogP contribution in [0.2, 0.25) is 0 Å². The number of hydrogen-bond acceptors (Lipinski definition) is 2. The molecule has 0 radical (unpaired) electrons. The van der Waals surface area contributed by atoms with E-state index in [1.165, 1.54) is 34.6 Å². The van der Waals surface area contributed by atoms with Crippen molar-refractivity contribution in [2.24, 2.45) is 0 Å². The number of aromatic hydroxyl groups is 1. The largest absolute Gasteiger partial charge is 0.508 e. The molecule has 2 aromatic rings. The highest BCUT2D eigenvalue weighted by atomic mass is 32.2. The quantitative estimate of drug-likeness (QED) is 0.584. The second-order valence-electron chi connectivity index (χ2n) is 4.85. The Labute approximate surface area is 127 Å². The number of hydrogen-bond donors (Lipinski definition) is 1. The summed E-state index contributed by atoms with van der Waals surface area (Å²) in [6.45, 7) is 6.34. The third-order valence-corrected chi connectivity index (χ3v) is 3.92. The Morgan fingerprint density at radius 1 is 0.850 bits per heavy atom. The van der Waals surface area contributed by atoms with Gasteiger partial charge in [-0.1, -0.05) is 48.7 Å². The summed E-state index contributed by atoms with van der Waals surface area (Å²) < 4.78 is 0. The summed E-state index contributed by atoms with van der Waals surface area (Å²) in [6.07, 6.45) is 2.61. The lowest BCUT2D eigenvalue weighted by Crippen LogP contribution is -1.78. The van der Waals surface area contributed by atoms with E-state index in [1.54, 1.807) is 12.1 Å². The highest BCUT2D eigenvalue weighted by Gasteiger charge is 1.91. The summed E-state index contributed by atoms with van der Waals surface area (Å²) in [7, 11) is 0. The number of phenols is 1. The molecule has 20 heavy (non-hydrogen) atoms. The van der Waals surface area contributed by atoms with Crippen molar-refractivity contribution in [1.82, 2.24) is 0 Å². The van der Waals surface area contributed by atoms with Crippen LogP contribution in [0.3, 0.4) is 0 Å². The first-order chi connectivity index (χ1) is 9.61. The minimum absolute atomic E-state index is 0.329. The molecule has 2 aromatic carbocycles. The zero-order chi connectivity index (χ0) is 14.8. The normalized spacial score (nSPS) is 9.75. The second kappa shape index (κ2) is 9.49. The maximum atomic E-state index is 8.76. The lowest BCUT2D eigenvalue weighted by atomic mass is 10.2. The first-order valence-corrected chi connectivity index (χ1v) is 8.05. The number of benzene rings is 2. The molecule has 0 aromatic heterocycles. The van der Waals surface area contributed by atoms with Crippen molar-refractivity contribution in [2.75, 3.05) is 5.75 Å². The molecule has 1 nitrogen and oxygen atoms in total. The van der Waals surface area contributed by atoms with Gasteiger partial charge in [-0.3, -0.25) is 0 Å². The van der Waals surface area contributed by atoms with E-state index in [0.29, 0.717) is 5.75 Å². The van der Waals surface area contributed by atoms with Gasteiger partial charge in [0.15, 0.2) is 0 Å². The molecule has 0 aliphatic rings. The molecule has 0 aliphatic carbocycles. The van der Waals surface area contributed by atoms with Crippen LogP contribution in [0.15, 0.2) is 53.4 Å². The number of thioether (sulfide) groups is 1. The smallest absolute Gasteiger partial charge is 0.115 e. The van der Waals surface area contributed by atoms with E-state index < -0.39 is 0 Å².